The van der Waals surface area contributed by atoms with Crippen molar-refractivity contribution in [3.8, 4) is 0 Å². The molecule has 2 aliphatic rings. The molecule has 4 aromatic heterocycles. The average molecular weight is 2060 g/mol. The number of aromatic amines is 4. The Balaban J connectivity index is 0.924. The topological polar surface area (TPSA) is 763 Å². The summed E-state index contributed by atoms with van der Waals surface area (Å²) < 4.78 is 0. The van der Waals surface area contributed by atoms with Crippen molar-refractivity contribution in [1.82, 2.24) is 115 Å². The number of hydrogen-bond acceptors (Lipinski definition) is 21. The van der Waals surface area contributed by atoms with Crippen LogP contribution in [0, 0.1) is 28.1 Å². The fourth-order valence-electron chi connectivity index (χ4n) is 18.3. The molecule has 17 atom stereocenters. The number of nitrogens with two attached hydrogens (primary N) is 6. The predicted octanol–water partition coefficient (Wildman–Crippen LogP) is -0.930. The molecule has 2 saturated heterocycles. The summed E-state index contributed by atoms with van der Waals surface area (Å²) in [4.78, 5) is 250. The first-order chi connectivity index (χ1) is 71.1. The summed E-state index contributed by atoms with van der Waals surface area (Å²) in [5, 5.41) is 70.1. The molecule has 0 spiro atoms. The standard InChI is InChI=1S/C102H147N31O16/c1-9-55(4)83(104)97(147)129-76(45-54(2)3)92(142)125-75(36-22-42-114-102(110)111)91(141)130-79(48-62-52-117-70-31-16-12-27-66(62)70)98(148)132-43-23-38-82(132)96(146)128-78(47-61-51-116-69-30-15-11-26-65(61)69)94(144)131-80(49-63-53-118-71-32-17-13-28-67(63)71)99(149)133-44-24-37-81(133)95(145)127-77(46-60-50-115-68-29-14-10-25-64(60)68)93(143)126-74(35-21-41-113-101(108)109)90(140)124-73(34-20-40-112-100(106)107)89(139)123-72(33-18-19-39-103)88(138)122-59(8)87(137)121-58(7)86(136)120-57(6)85(135)119-56(5)84(105)134/h10-17,25-32,50-59,72-83,115-118H,9,18-24,33-49,103-104H2,1-8H3,(H2,105,134)(H,119,135)(H,120,136)(H,121,137)(H,122,138)(H,123,139)(H,124,140)(H,125,142)(H,126,143)(H,127,145)(H,128,146)(H,129,147)(H,130,141)(H,131,144)(H4,106,107,112)(H4,108,109,113)(H4,110,111,114)/t55-,56-,57-,58-,59-,72-,73-,74-,75-,76-,77-,78-,79-,80-,81-,82-,83-/m0/s1. The van der Waals surface area contributed by atoms with Gasteiger partial charge in [-0.3, -0.25) is 92.9 Å². The lowest BCUT2D eigenvalue weighted by Crippen LogP contribution is -2.61. The minimum absolute atomic E-state index is 0.00327. The SMILES string of the molecule is CC[C@H](C)[C@H](N)C(=O)N[C@@H](CC(C)C)C(=O)N[C@@H](CCCNC(=N)N)C(=O)N[C@@H](Cc1c[nH]c2ccccc12)C(=O)N1CCC[C@H]1C(=O)N[C@@H](Cc1c[nH]c2ccccc12)C(=O)N[C@@H](Cc1c[nH]c2ccccc12)C(=O)N1CCC[C@H]1C(=O)N[C@@H](Cc1c[nH]c2ccccc12)C(=O)N[C@@H](CCCNC(=N)N)C(=O)N[C@@H](CCCNC(=N)N)C(=O)N[C@@H](CCCCN)C(=O)N[C@@H](C)C(=O)N[C@@H](C)C(=O)N[C@@H](C)C(=O)N[C@@H](C)C(N)=O. The molecule has 0 bridgehead atoms. The number of H-pyrrole nitrogens is 4. The smallest absolute Gasteiger partial charge is 0.246 e. The van der Waals surface area contributed by atoms with Crippen LogP contribution in [-0.2, 0) is 102 Å². The van der Waals surface area contributed by atoms with E-state index in [1.807, 2.05) is 88.4 Å². The van der Waals surface area contributed by atoms with Gasteiger partial charge in [0.2, 0.25) is 94.5 Å². The number of benzene rings is 4. The van der Waals surface area contributed by atoms with Gasteiger partial charge in [0, 0.05) is 127 Å². The number of carbonyl (C=O) groups is 16. The van der Waals surface area contributed by atoms with Crippen LogP contribution < -0.4 is 119 Å². The summed E-state index contributed by atoms with van der Waals surface area (Å²) in [6, 6.07) is 7.68. The lowest BCUT2D eigenvalue weighted by Gasteiger charge is -2.32. The molecule has 0 saturated carbocycles. The Morgan fingerprint density at radius 3 is 0.946 bits per heavy atom. The van der Waals surface area contributed by atoms with E-state index in [-0.39, 0.29) is 166 Å². The van der Waals surface area contributed by atoms with Crippen LogP contribution in [0.4, 0.5) is 0 Å². The van der Waals surface area contributed by atoms with E-state index in [1.165, 1.54) is 37.5 Å². The molecule has 149 heavy (non-hydrogen) atoms. The van der Waals surface area contributed by atoms with Crippen LogP contribution in [0.1, 0.15) is 174 Å². The van der Waals surface area contributed by atoms with Crippen molar-refractivity contribution in [1.29, 1.82) is 16.2 Å². The van der Waals surface area contributed by atoms with Gasteiger partial charge in [0.1, 0.15) is 90.6 Å². The van der Waals surface area contributed by atoms with E-state index in [9.17, 15) is 38.4 Å². The van der Waals surface area contributed by atoms with Crippen molar-refractivity contribution in [2.45, 2.75) is 274 Å². The van der Waals surface area contributed by atoms with Gasteiger partial charge in [-0.2, -0.15) is 0 Å². The van der Waals surface area contributed by atoms with E-state index in [1.54, 1.807) is 61.2 Å². The van der Waals surface area contributed by atoms with Gasteiger partial charge >= 0.3 is 0 Å². The second kappa shape index (κ2) is 55.7. The highest BCUT2D eigenvalue weighted by molar-refractivity contribution is 6.03. The van der Waals surface area contributed by atoms with Crippen molar-refractivity contribution in [2.24, 2.45) is 46.2 Å². The third-order valence-electron chi connectivity index (χ3n) is 26.9. The van der Waals surface area contributed by atoms with Crippen molar-refractivity contribution in [3.63, 3.8) is 0 Å². The van der Waals surface area contributed by atoms with Crippen LogP contribution in [0.25, 0.3) is 43.6 Å². The highest BCUT2D eigenvalue weighted by atomic mass is 16.2. The van der Waals surface area contributed by atoms with Crippen LogP contribution in [0.2, 0.25) is 0 Å². The zero-order valence-corrected chi connectivity index (χ0v) is 85.5. The number of carbonyl (C=O) groups excluding carboxylic acids is 16. The average Bonchev–Trinajstić information content (AvgIpc) is 1.68. The van der Waals surface area contributed by atoms with E-state index in [0.717, 1.165) is 10.9 Å². The Kier molecular flexibility index (Phi) is 43.1. The highest BCUT2D eigenvalue weighted by Gasteiger charge is 2.45. The molecule has 8 aromatic rings. The molecule has 2 fully saturated rings. The fraction of sp³-hybridized carbons (Fsp3) is 0.500. The quantitative estimate of drug-likeness (QED) is 0.0124. The van der Waals surface area contributed by atoms with Crippen molar-refractivity contribution < 1.29 is 76.7 Å². The molecule has 0 unspecified atom stereocenters. The summed E-state index contributed by atoms with van der Waals surface area (Å²) in [5.74, 6) is -14.2. The van der Waals surface area contributed by atoms with Gasteiger partial charge in [-0.05, 0) is 182 Å². The summed E-state index contributed by atoms with van der Waals surface area (Å²) >= 11 is 0. The number of fused-ring (bicyclic) bond motifs is 4. The maximum Gasteiger partial charge on any atom is 0.246 e. The zero-order valence-electron chi connectivity index (χ0n) is 85.5. The molecule has 35 N–H and O–H groups in total. The van der Waals surface area contributed by atoms with Crippen molar-refractivity contribution >= 4 is 156 Å². The van der Waals surface area contributed by atoms with Crippen molar-refractivity contribution in [2.75, 3.05) is 39.3 Å². The number of aromatic nitrogens is 4. The van der Waals surface area contributed by atoms with Gasteiger partial charge in [-0.15, -0.1) is 0 Å². The summed E-state index contributed by atoms with van der Waals surface area (Å²) in [6.45, 7) is 13.1. The van der Waals surface area contributed by atoms with Crippen LogP contribution in [-0.4, -0.2) is 278 Å². The molecule has 0 radical (unpaired) electrons. The van der Waals surface area contributed by atoms with E-state index in [4.69, 9.17) is 50.6 Å². The Morgan fingerprint density at radius 1 is 0.349 bits per heavy atom. The third-order valence-corrected chi connectivity index (χ3v) is 26.9. The number of hydrogen-bond donors (Lipinski definition) is 29. The van der Waals surface area contributed by atoms with Gasteiger partial charge in [0.25, 0.3) is 0 Å². The predicted molar refractivity (Wildman–Crippen MR) is 562 cm³/mol. The van der Waals surface area contributed by atoms with Gasteiger partial charge < -0.3 is 149 Å². The fourth-order valence-corrected chi connectivity index (χ4v) is 18.3. The van der Waals surface area contributed by atoms with Gasteiger partial charge in [-0.25, -0.2) is 0 Å². The Morgan fingerprint density at radius 2 is 0.631 bits per heavy atom. The number of unbranched alkanes of at least 4 members (excludes halogenated alkanes) is 1. The highest BCUT2D eigenvalue weighted by Crippen LogP contribution is 2.29. The normalized spacial score (nSPS) is 16.4. The lowest BCUT2D eigenvalue weighted by molar-refractivity contribution is -0.143. The van der Waals surface area contributed by atoms with E-state index in [2.05, 4.69) is 105 Å². The van der Waals surface area contributed by atoms with Crippen LogP contribution in [0.3, 0.4) is 0 Å². The Bertz CT molecular complexity index is 6070. The third kappa shape index (κ3) is 33.1. The second-order valence-corrected chi connectivity index (χ2v) is 38.8. The molecule has 0 aliphatic carbocycles. The second-order valence-electron chi connectivity index (χ2n) is 38.8. The maximum atomic E-state index is 16.2. The lowest BCUT2D eigenvalue weighted by atomic mass is 9.97. The monoisotopic (exact) mass is 2060 g/mol. The minimum atomic E-state index is -1.56. The molecule has 4 aromatic carbocycles. The van der Waals surface area contributed by atoms with Gasteiger partial charge in [-0.1, -0.05) is 107 Å². The molecule has 806 valence electrons. The first-order valence-electron chi connectivity index (χ1n) is 50.9. The van der Waals surface area contributed by atoms with Crippen molar-refractivity contribution in [3.05, 3.63) is 144 Å². The van der Waals surface area contributed by atoms with E-state index < -0.39 is 203 Å². The molecular weight excluding hydrogens is 1920 g/mol. The summed E-state index contributed by atoms with van der Waals surface area (Å²) in [6.07, 6.45) is 7.87. The van der Waals surface area contributed by atoms with Crippen LogP contribution in [0.15, 0.2) is 122 Å². The molecule has 47 heteroatoms. The summed E-state index contributed by atoms with van der Waals surface area (Å²) in [7, 11) is 0. The number of primary amides is 1. The summed E-state index contributed by atoms with van der Waals surface area (Å²) in [5.41, 5.74) is 39.6. The number of nitrogens with one attached hydrogen (secondary N) is 23. The maximum absolute atomic E-state index is 16.2. The minimum Gasteiger partial charge on any atom is -0.370 e. The molecule has 6 heterocycles. The largest absolute Gasteiger partial charge is 0.370 e. The number of rotatable bonds is 57. The Labute approximate surface area is 863 Å². The van der Waals surface area contributed by atoms with E-state index in [0.29, 0.717) is 67.8 Å². The first-order valence-corrected chi connectivity index (χ1v) is 50.9. The molecule has 47 nitrogen and oxygen atoms in total. The number of amides is 16. The molecule has 2 aliphatic heterocycles. The van der Waals surface area contributed by atoms with Crippen LogP contribution in [0.5, 0.6) is 0 Å². The van der Waals surface area contributed by atoms with Crippen LogP contribution >= 0.6 is 0 Å². The first kappa shape index (κ1) is 115. The number of likely N-dealkylation sites (tertiary alicyclic amines) is 2. The number of nitrogens with zero attached hydrogens (tertiary/aromatic N) is 2. The number of para-hydroxylation sites is 4. The molecular formula is C102H147N31O16. The zero-order chi connectivity index (χ0) is 108. The Hall–Kier alpha value is -15.7. The van der Waals surface area contributed by atoms with Gasteiger partial charge in [0.15, 0.2) is 17.9 Å². The van der Waals surface area contributed by atoms with E-state index >= 15 is 38.4 Å². The molecule has 16 amide bonds. The number of guanidine groups is 3. The van der Waals surface area contributed by atoms with Gasteiger partial charge in [0.05, 0.1) is 6.04 Å². The molecule has 10 rings (SSSR count).